The molecule has 2 aliphatic carbocycles. The fourth-order valence-electron chi connectivity index (χ4n) is 4.35. The highest BCUT2D eigenvalue weighted by Crippen LogP contribution is 2.57. The summed E-state index contributed by atoms with van der Waals surface area (Å²) in [6, 6.07) is 9.24. The molecular weight excluding hydrogens is 278 g/mol. The number of hydrogen-bond acceptors (Lipinski definition) is 2. The van der Waals surface area contributed by atoms with Crippen molar-refractivity contribution in [2.75, 3.05) is 5.32 Å². The highest BCUT2D eigenvalue weighted by molar-refractivity contribution is 5.96. The third kappa shape index (κ3) is 2.32. The first kappa shape index (κ1) is 14.8. The molecule has 22 heavy (non-hydrogen) atoms. The summed E-state index contributed by atoms with van der Waals surface area (Å²) in [4.78, 5) is 24.4. The molecule has 1 aromatic carbocycles. The van der Waals surface area contributed by atoms with Crippen molar-refractivity contribution in [2.45, 2.75) is 26.7 Å². The van der Waals surface area contributed by atoms with Gasteiger partial charge in [-0.25, -0.2) is 0 Å². The molecule has 0 heterocycles. The number of fused-ring (bicyclic) bond motifs is 2. The Hall–Kier alpha value is -2.10. The van der Waals surface area contributed by atoms with Crippen molar-refractivity contribution in [1.29, 1.82) is 0 Å². The van der Waals surface area contributed by atoms with Gasteiger partial charge >= 0.3 is 5.97 Å². The second kappa shape index (κ2) is 5.59. The molecule has 2 bridgehead atoms. The van der Waals surface area contributed by atoms with Crippen LogP contribution >= 0.6 is 0 Å². The molecule has 0 radical (unpaired) electrons. The summed E-state index contributed by atoms with van der Waals surface area (Å²) in [6.07, 6.45) is 1.80. The number of para-hydroxylation sites is 1. The number of carboxylic acids is 1. The zero-order chi connectivity index (χ0) is 15.9. The Bertz CT molecular complexity index is 631. The molecule has 3 rings (SSSR count). The number of nitrogens with one attached hydrogen (secondary N) is 1. The summed E-state index contributed by atoms with van der Waals surface area (Å²) in [5, 5.41) is 12.5. The van der Waals surface area contributed by atoms with Crippen molar-refractivity contribution in [3.05, 3.63) is 41.5 Å². The molecule has 0 spiro atoms. The highest BCUT2D eigenvalue weighted by Gasteiger charge is 2.57. The molecule has 1 amide bonds. The zero-order valence-corrected chi connectivity index (χ0v) is 12.9. The van der Waals surface area contributed by atoms with Crippen molar-refractivity contribution in [3.8, 4) is 0 Å². The van der Waals surface area contributed by atoms with Crippen molar-refractivity contribution in [1.82, 2.24) is 0 Å². The van der Waals surface area contributed by atoms with Crippen molar-refractivity contribution in [2.24, 2.45) is 23.7 Å². The number of carbonyl (C=O) groups excluding carboxylic acids is 1. The van der Waals surface area contributed by atoms with Crippen molar-refractivity contribution >= 4 is 17.6 Å². The van der Waals surface area contributed by atoms with E-state index in [0.29, 0.717) is 0 Å². The molecule has 2 aliphatic rings. The largest absolute Gasteiger partial charge is 0.481 e. The van der Waals surface area contributed by atoms with Crippen LogP contribution in [0.3, 0.4) is 0 Å². The Morgan fingerprint density at radius 1 is 1.05 bits per heavy atom. The minimum Gasteiger partial charge on any atom is -0.481 e. The van der Waals surface area contributed by atoms with E-state index in [-0.39, 0.29) is 17.7 Å². The van der Waals surface area contributed by atoms with E-state index in [1.165, 1.54) is 11.1 Å². The van der Waals surface area contributed by atoms with E-state index in [9.17, 15) is 14.7 Å². The van der Waals surface area contributed by atoms with E-state index < -0.39 is 17.8 Å². The summed E-state index contributed by atoms with van der Waals surface area (Å²) in [7, 11) is 0. The normalized spacial score (nSPS) is 29.5. The standard InChI is InChI=1S/C18H21NO3/c1-10(2)14-12-8-9-13(14)16(18(21)22)15(12)17(20)19-11-6-4-3-5-7-11/h3-7,12-13,15-16H,8-9H2,1-2H3,(H,19,20)(H,21,22). The lowest BCUT2D eigenvalue weighted by Gasteiger charge is -2.26. The van der Waals surface area contributed by atoms with E-state index in [0.717, 1.165) is 18.5 Å². The average Bonchev–Trinajstić information content (AvgIpc) is 3.03. The highest BCUT2D eigenvalue weighted by atomic mass is 16.4. The first-order valence-electron chi connectivity index (χ1n) is 7.76. The molecule has 4 unspecified atom stereocenters. The van der Waals surface area contributed by atoms with Gasteiger partial charge in [-0.15, -0.1) is 0 Å². The maximum absolute atomic E-state index is 12.7. The van der Waals surface area contributed by atoms with Crippen LogP contribution in [0.15, 0.2) is 41.5 Å². The first-order valence-corrected chi connectivity index (χ1v) is 7.76. The van der Waals surface area contributed by atoms with Gasteiger partial charge in [0.05, 0.1) is 11.8 Å². The molecule has 1 aromatic rings. The average molecular weight is 299 g/mol. The van der Waals surface area contributed by atoms with Crippen LogP contribution in [0.5, 0.6) is 0 Å². The Balaban J connectivity index is 1.90. The summed E-state index contributed by atoms with van der Waals surface area (Å²) < 4.78 is 0. The SMILES string of the molecule is CC(C)=C1C2CCC1C(C(=O)Nc1ccccc1)C2C(=O)O. The molecule has 0 saturated heterocycles. The van der Waals surface area contributed by atoms with Gasteiger partial charge in [-0.1, -0.05) is 29.3 Å². The number of benzene rings is 1. The monoisotopic (exact) mass is 299 g/mol. The molecule has 116 valence electrons. The van der Waals surface area contributed by atoms with Crippen LogP contribution in [-0.4, -0.2) is 17.0 Å². The number of anilines is 1. The molecule has 2 fully saturated rings. The zero-order valence-electron chi connectivity index (χ0n) is 12.9. The van der Waals surface area contributed by atoms with Crippen LogP contribution in [0.2, 0.25) is 0 Å². The Morgan fingerprint density at radius 3 is 2.18 bits per heavy atom. The summed E-state index contributed by atoms with van der Waals surface area (Å²) in [5.41, 5.74) is 3.10. The fourth-order valence-corrected chi connectivity index (χ4v) is 4.35. The third-order valence-electron chi connectivity index (χ3n) is 5.05. The Kier molecular flexibility index (Phi) is 3.77. The molecule has 2 N–H and O–H groups in total. The van der Waals surface area contributed by atoms with Crippen LogP contribution in [-0.2, 0) is 9.59 Å². The van der Waals surface area contributed by atoms with Gasteiger partial charge in [0.25, 0.3) is 0 Å². The molecule has 4 heteroatoms. The second-order valence-electron chi connectivity index (χ2n) is 6.49. The number of amides is 1. The number of rotatable bonds is 3. The van der Waals surface area contributed by atoms with Gasteiger partial charge in [-0.3, -0.25) is 9.59 Å². The van der Waals surface area contributed by atoms with Crippen LogP contribution < -0.4 is 5.32 Å². The number of hydrogen-bond donors (Lipinski definition) is 2. The maximum Gasteiger partial charge on any atom is 0.307 e. The van der Waals surface area contributed by atoms with E-state index in [1.54, 1.807) is 0 Å². The van der Waals surface area contributed by atoms with E-state index in [1.807, 2.05) is 44.2 Å². The van der Waals surface area contributed by atoms with Crippen LogP contribution in [0.1, 0.15) is 26.7 Å². The second-order valence-corrected chi connectivity index (χ2v) is 6.49. The van der Waals surface area contributed by atoms with Gasteiger partial charge in [0.1, 0.15) is 0 Å². The lowest BCUT2D eigenvalue weighted by Crippen LogP contribution is -2.37. The molecule has 0 aliphatic heterocycles. The van der Waals surface area contributed by atoms with Gasteiger partial charge in [0.15, 0.2) is 0 Å². The van der Waals surface area contributed by atoms with Crippen molar-refractivity contribution in [3.63, 3.8) is 0 Å². The topological polar surface area (TPSA) is 66.4 Å². The third-order valence-corrected chi connectivity index (χ3v) is 5.05. The van der Waals surface area contributed by atoms with Gasteiger partial charge in [-0.2, -0.15) is 0 Å². The van der Waals surface area contributed by atoms with E-state index in [4.69, 9.17) is 0 Å². The molecule has 4 nitrogen and oxygen atoms in total. The van der Waals surface area contributed by atoms with Crippen LogP contribution in [0.25, 0.3) is 0 Å². The number of carbonyl (C=O) groups is 2. The van der Waals surface area contributed by atoms with Crippen LogP contribution in [0.4, 0.5) is 5.69 Å². The molecule has 2 saturated carbocycles. The Labute approximate surface area is 130 Å². The quantitative estimate of drug-likeness (QED) is 0.841. The fraction of sp³-hybridized carbons (Fsp3) is 0.444. The number of allylic oxidation sites excluding steroid dienone is 2. The number of aliphatic carboxylic acids is 1. The van der Waals surface area contributed by atoms with Crippen LogP contribution in [0, 0.1) is 23.7 Å². The van der Waals surface area contributed by atoms with E-state index >= 15 is 0 Å². The molecule has 0 aromatic heterocycles. The molecule has 4 atom stereocenters. The summed E-state index contributed by atoms with van der Waals surface area (Å²) >= 11 is 0. The van der Waals surface area contributed by atoms with Crippen molar-refractivity contribution < 1.29 is 14.7 Å². The van der Waals surface area contributed by atoms with Gasteiger partial charge < -0.3 is 10.4 Å². The molecular formula is C18H21NO3. The van der Waals surface area contributed by atoms with Gasteiger partial charge in [0, 0.05) is 5.69 Å². The lowest BCUT2D eigenvalue weighted by molar-refractivity contribution is -0.148. The van der Waals surface area contributed by atoms with E-state index in [2.05, 4.69) is 5.32 Å². The predicted octanol–water partition coefficient (Wildman–Crippen LogP) is 3.32. The maximum atomic E-state index is 12.7. The summed E-state index contributed by atoms with van der Waals surface area (Å²) in [6.45, 7) is 4.05. The first-order chi connectivity index (χ1) is 10.5. The number of carboxylic acid groups (broad SMARTS) is 1. The lowest BCUT2D eigenvalue weighted by atomic mass is 9.78. The van der Waals surface area contributed by atoms with Gasteiger partial charge in [-0.05, 0) is 50.7 Å². The predicted molar refractivity (Wildman–Crippen MR) is 84.3 cm³/mol. The Morgan fingerprint density at radius 2 is 1.64 bits per heavy atom. The summed E-state index contributed by atoms with van der Waals surface area (Å²) in [5.74, 6) is -1.95. The minimum atomic E-state index is -0.848. The van der Waals surface area contributed by atoms with Gasteiger partial charge in [0.2, 0.25) is 5.91 Å². The smallest absolute Gasteiger partial charge is 0.307 e. The minimum absolute atomic E-state index is 0.0269.